The molecule has 4 nitrogen and oxygen atoms in total. The third kappa shape index (κ3) is 3.77. The molecule has 1 atom stereocenters. The second-order valence-electron chi connectivity index (χ2n) is 1.69. The zero-order chi connectivity index (χ0) is 7.98. The number of rotatable bonds is 4. The van der Waals surface area contributed by atoms with Crippen molar-refractivity contribution in [3.8, 4) is 0 Å². The van der Waals surface area contributed by atoms with E-state index in [0.717, 1.165) is 0 Å². The van der Waals surface area contributed by atoms with E-state index < -0.39 is 12.1 Å². The second-order valence-corrected chi connectivity index (χ2v) is 1.69. The third-order valence-electron chi connectivity index (χ3n) is 0.798. The van der Waals surface area contributed by atoms with Crippen LogP contribution in [0.25, 0.3) is 0 Å². The predicted octanol–water partition coefficient (Wildman–Crippen LogP) is -0.294. The van der Waals surface area contributed by atoms with Gasteiger partial charge in [0.15, 0.2) is 12.4 Å². The Morgan fingerprint density at radius 1 is 1.60 bits per heavy atom. The highest BCUT2D eigenvalue weighted by molar-refractivity contribution is 5.72. The van der Waals surface area contributed by atoms with Gasteiger partial charge in [-0.3, -0.25) is 9.59 Å². The van der Waals surface area contributed by atoms with E-state index in [1.807, 2.05) is 0 Å². The molecule has 56 valence electrons. The molecular formula is C6H8O4. The number of carbonyl (C=O) groups excluding carboxylic acids is 3. The van der Waals surface area contributed by atoms with Crippen LogP contribution in [0.5, 0.6) is 0 Å². The lowest BCUT2D eigenvalue weighted by molar-refractivity contribution is -0.149. The topological polar surface area (TPSA) is 60.4 Å². The minimum atomic E-state index is -0.907. The Balaban J connectivity index is 3.70. The Kier molecular flexibility index (Phi) is 4.11. The van der Waals surface area contributed by atoms with Crippen LogP contribution in [-0.2, 0) is 19.1 Å². The Morgan fingerprint density at radius 2 is 2.20 bits per heavy atom. The maximum atomic E-state index is 10.2. The van der Waals surface area contributed by atoms with Crippen LogP contribution in [0.1, 0.15) is 13.3 Å². The first-order chi connectivity index (χ1) is 4.70. The molecule has 0 radical (unpaired) electrons. The molecule has 0 aromatic carbocycles. The molecule has 0 aromatic heterocycles. The summed E-state index contributed by atoms with van der Waals surface area (Å²) in [4.78, 5) is 30.0. The summed E-state index contributed by atoms with van der Waals surface area (Å²) in [6.07, 6.45) is -0.0176. The van der Waals surface area contributed by atoms with Gasteiger partial charge in [-0.25, -0.2) is 0 Å². The van der Waals surface area contributed by atoms with Crippen molar-refractivity contribution < 1.29 is 19.1 Å². The van der Waals surface area contributed by atoms with Crippen LogP contribution in [-0.4, -0.2) is 24.6 Å². The van der Waals surface area contributed by atoms with Crippen LogP contribution in [0.3, 0.4) is 0 Å². The van der Waals surface area contributed by atoms with Crippen LogP contribution in [0.4, 0.5) is 0 Å². The van der Waals surface area contributed by atoms with Gasteiger partial charge in [0.2, 0.25) is 0 Å². The highest BCUT2D eigenvalue weighted by Crippen LogP contribution is 1.91. The number of hydrogen-bond donors (Lipinski definition) is 0. The first-order valence-electron chi connectivity index (χ1n) is 2.77. The Morgan fingerprint density at radius 3 is 2.50 bits per heavy atom. The lowest BCUT2D eigenvalue weighted by Crippen LogP contribution is -2.17. The molecule has 0 saturated carbocycles. The molecule has 1 unspecified atom stereocenters. The zero-order valence-corrected chi connectivity index (χ0v) is 5.57. The number of ether oxygens (including phenoxy) is 1. The summed E-state index contributed by atoms with van der Waals surface area (Å²) in [5.74, 6) is -0.557. The highest BCUT2D eigenvalue weighted by atomic mass is 16.5. The molecule has 0 fully saturated rings. The minimum absolute atomic E-state index is 0.0664. The molecule has 0 saturated heterocycles. The molecule has 4 heteroatoms. The monoisotopic (exact) mass is 144 g/mol. The summed E-state index contributed by atoms with van der Waals surface area (Å²) in [5, 5.41) is 0. The maximum Gasteiger partial charge on any atom is 0.303 e. The summed E-state index contributed by atoms with van der Waals surface area (Å²) < 4.78 is 4.40. The van der Waals surface area contributed by atoms with Gasteiger partial charge in [-0.1, -0.05) is 0 Å². The maximum absolute atomic E-state index is 10.2. The van der Waals surface area contributed by atoms with Gasteiger partial charge in [-0.05, 0) is 0 Å². The van der Waals surface area contributed by atoms with E-state index in [0.29, 0.717) is 12.6 Å². The standard InChI is InChI=1S/C6H8O4/c1-5(9)10-6(4-8)2-3-7/h3-4,6H,2H2,1H3. The molecule has 0 bridgehead atoms. The summed E-state index contributed by atoms with van der Waals surface area (Å²) in [6.45, 7) is 1.18. The van der Waals surface area contributed by atoms with Crippen molar-refractivity contribution in [3.63, 3.8) is 0 Å². The van der Waals surface area contributed by atoms with Crippen molar-refractivity contribution >= 4 is 18.5 Å². The number of carbonyl (C=O) groups is 3. The number of aldehydes is 2. The molecular weight excluding hydrogens is 136 g/mol. The molecule has 0 aliphatic heterocycles. The molecule has 0 N–H and O–H groups in total. The van der Waals surface area contributed by atoms with E-state index in [1.54, 1.807) is 0 Å². The molecule has 0 aliphatic carbocycles. The Bertz CT molecular complexity index is 141. The summed E-state index contributed by atoms with van der Waals surface area (Å²) in [5.41, 5.74) is 0. The summed E-state index contributed by atoms with van der Waals surface area (Å²) in [7, 11) is 0. The molecule has 0 aromatic rings. The van der Waals surface area contributed by atoms with Crippen molar-refractivity contribution in [1.29, 1.82) is 0 Å². The van der Waals surface area contributed by atoms with Crippen LogP contribution >= 0.6 is 0 Å². The van der Waals surface area contributed by atoms with Gasteiger partial charge in [0.05, 0.1) is 0 Å². The smallest absolute Gasteiger partial charge is 0.303 e. The van der Waals surface area contributed by atoms with E-state index in [2.05, 4.69) is 4.74 Å². The number of esters is 1. The first kappa shape index (κ1) is 8.81. The van der Waals surface area contributed by atoms with Crippen LogP contribution in [0.15, 0.2) is 0 Å². The minimum Gasteiger partial charge on any atom is -0.454 e. The lowest BCUT2D eigenvalue weighted by Gasteiger charge is -2.04. The van der Waals surface area contributed by atoms with E-state index in [9.17, 15) is 14.4 Å². The molecule has 0 heterocycles. The lowest BCUT2D eigenvalue weighted by atomic mass is 10.3. The first-order valence-corrected chi connectivity index (χ1v) is 2.77. The molecule has 0 spiro atoms. The van der Waals surface area contributed by atoms with Crippen LogP contribution < -0.4 is 0 Å². The van der Waals surface area contributed by atoms with Crippen molar-refractivity contribution in [2.24, 2.45) is 0 Å². The van der Waals surface area contributed by atoms with Gasteiger partial charge >= 0.3 is 5.97 Å². The Labute approximate surface area is 58.2 Å². The van der Waals surface area contributed by atoms with Crippen LogP contribution in [0.2, 0.25) is 0 Å². The normalized spacial score (nSPS) is 11.7. The fraction of sp³-hybridized carbons (Fsp3) is 0.500. The molecule has 10 heavy (non-hydrogen) atoms. The van der Waals surface area contributed by atoms with E-state index >= 15 is 0 Å². The van der Waals surface area contributed by atoms with Crippen LogP contribution in [0, 0.1) is 0 Å². The average Bonchev–Trinajstić information content (AvgIpc) is 1.86. The number of hydrogen-bond acceptors (Lipinski definition) is 4. The van der Waals surface area contributed by atoms with Gasteiger partial charge in [-0.15, -0.1) is 0 Å². The molecule has 0 rings (SSSR count). The average molecular weight is 144 g/mol. The quantitative estimate of drug-likeness (QED) is 0.401. The van der Waals surface area contributed by atoms with Gasteiger partial charge in [0, 0.05) is 13.3 Å². The highest BCUT2D eigenvalue weighted by Gasteiger charge is 2.08. The van der Waals surface area contributed by atoms with Crippen molar-refractivity contribution in [3.05, 3.63) is 0 Å². The van der Waals surface area contributed by atoms with E-state index in [1.165, 1.54) is 6.92 Å². The van der Waals surface area contributed by atoms with Gasteiger partial charge in [-0.2, -0.15) is 0 Å². The zero-order valence-electron chi connectivity index (χ0n) is 5.57. The van der Waals surface area contributed by atoms with Crippen molar-refractivity contribution in [2.45, 2.75) is 19.4 Å². The SMILES string of the molecule is CC(=O)OC(C=O)CC=O. The largest absolute Gasteiger partial charge is 0.454 e. The van der Waals surface area contributed by atoms with Crippen molar-refractivity contribution in [1.82, 2.24) is 0 Å². The fourth-order valence-corrected chi connectivity index (χ4v) is 0.439. The van der Waals surface area contributed by atoms with Gasteiger partial charge in [0.1, 0.15) is 6.29 Å². The predicted molar refractivity (Wildman–Crippen MR) is 32.3 cm³/mol. The van der Waals surface area contributed by atoms with Gasteiger partial charge < -0.3 is 9.53 Å². The van der Waals surface area contributed by atoms with E-state index in [-0.39, 0.29) is 6.42 Å². The van der Waals surface area contributed by atoms with Crippen molar-refractivity contribution in [2.75, 3.05) is 0 Å². The second kappa shape index (κ2) is 4.67. The fourth-order valence-electron chi connectivity index (χ4n) is 0.439. The summed E-state index contributed by atoms with van der Waals surface area (Å²) in [6, 6.07) is 0. The van der Waals surface area contributed by atoms with E-state index in [4.69, 9.17) is 0 Å². The molecule has 0 aliphatic rings. The van der Waals surface area contributed by atoms with Gasteiger partial charge in [0.25, 0.3) is 0 Å². The Hall–Kier alpha value is -1.19. The third-order valence-corrected chi connectivity index (χ3v) is 0.798. The molecule has 0 amide bonds. The summed E-state index contributed by atoms with van der Waals surface area (Å²) >= 11 is 0.